The SMILES string of the molecule is Cc1ccc(NC(C)c2cc(C(F)(F)F)cnn2)cc1-c1ccnc(N2CCOC(C(F)F)C2)c1. The van der Waals surface area contributed by atoms with Crippen molar-refractivity contribution in [1.82, 2.24) is 15.2 Å². The maximum atomic E-state index is 13.1. The molecule has 0 saturated carbocycles. The first kappa shape index (κ1) is 24.8. The van der Waals surface area contributed by atoms with Gasteiger partial charge in [-0.3, -0.25) is 0 Å². The summed E-state index contributed by atoms with van der Waals surface area (Å²) in [7, 11) is 0. The van der Waals surface area contributed by atoms with Crippen molar-refractivity contribution in [3.63, 3.8) is 0 Å². The van der Waals surface area contributed by atoms with Gasteiger partial charge in [0.2, 0.25) is 0 Å². The third-order valence-corrected chi connectivity index (χ3v) is 5.82. The molecule has 0 amide bonds. The molecule has 0 bridgehead atoms. The van der Waals surface area contributed by atoms with Crippen LogP contribution in [0, 0.1) is 6.92 Å². The summed E-state index contributed by atoms with van der Waals surface area (Å²) in [5.74, 6) is 0.571. The fourth-order valence-corrected chi connectivity index (χ4v) is 3.89. The van der Waals surface area contributed by atoms with E-state index in [2.05, 4.69) is 20.5 Å². The Labute approximate surface area is 199 Å². The predicted molar refractivity (Wildman–Crippen MR) is 121 cm³/mol. The number of hydrogen-bond donors (Lipinski definition) is 1. The zero-order valence-electron chi connectivity index (χ0n) is 19.1. The summed E-state index contributed by atoms with van der Waals surface area (Å²) in [5, 5.41) is 10.5. The molecule has 2 unspecified atom stereocenters. The molecule has 4 rings (SSSR count). The summed E-state index contributed by atoms with van der Waals surface area (Å²) in [5.41, 5.74) is 2.66. The van der Waals surface area contributed by atoms with Crippen LogP contribution in [-0.4, -0.2) is 47.4 Å². The zero-order chi connectivity index (χ0) is 25.2. The van der Waals surface area contributed by atoms with Gasteiger partial charge in [0, 0.05) is 18.4 Å². The van der Waals surface area contributed by atoms with Crippen LogP contribution < -0.4 is 10.2 Å². The molecule has 1 aliphatic rings. The first-order valence-electron chi connectivity index (χ1n) is 11.0. The van der Waals surface area contributed by atoms with Crippen molar-refractivity contribution >= 4 is 11.5 Å². The third-order valence-electron chi connectivity index (χ3n) is 5.82. The fourth-order valence-electron chi connectivity index (χ4n) is 3.89. The summed E-state index contributed by atoms with van der Waals surface area (Å²) < 4.78 is 70.5. The van der Waals surface area contributed by atoms with Crippen molar-refractivity contribution in [1.29, 1.82) is 0 Å². The van der Waals surface area contributed by atoms with Gasteiger partial charge < -0.3 is 15.0 Å². The lowest BCUT2D eigenvalue weighted by molar-refractivity contribution is -0.138. The van der Waals surface area contributed by atoms with Gasteiger partial charge in [0.25, 0.3) is 6.43 Å². The van der Waals surface area contributed by atoms with Gasteiger partial charge in [-0.05, 0) is 60.9 Å². The molecular weight excluding hydrogens is 469 g/mol. The van der Waals surface area contributed by atoms with Gasteiger partial charge in [0.15, 0.2) is 0 Å². The molecule has 186 valence electrons. The van der Waals surface area contributed by atoms with E-state index >= 15 is 0 Å². The van der Waals surface area contributed by atoms with E-state index < -0.39 is 30.3 Å². The van der Waals surface area contributed by atoms with Crippen LogP contribution in [0.2, 0.25) is 0 Å². The molecule has 1 fully saturated rings. The molecule has 6 nitrogen and oxygen atoms in total. The lowest BCUT2D eigenvalue weighted by Gasteiger charge is -2.33. The number of ether oxygens (including phenoxy) is 1. The van der Waals surface area contributed by atoms with Gasteiger partial charge in [-0.15, -0.1) is 0 Å². The molecule has 35 heavy (non-hydrogen) atoms. The fraction of sp³-hybridized carbons (Fsp3) is 0.375. The van der Waals surface area contributed by atoms with Gasteiger partial charge >= 0.3 is 6.18 Å². The Morgan fingerprint density at radius 3 is 2.69 bits per heavy atom. The molecule has 0 spiro atoms. The topological polar surface area (TPSA) is 63.2 Å². The standard InChI is InChI=1S/C24H24F5N5O/c1-14-3-4-18(32-15(2)20-10-17(12-31-33-20)24(27,28)29)11-19(14)16-5-6-30-22(9-16)34-7-8-35-21(13-34)23(25)26/h3-6,9-12,15,21,23,32H,7-8,13H2,1-2H3. The van der Waals surface area contributed by atoms with Crippen LogP contribution in [0.1, 0.15) is 29.8 Å². The monoisotopic (exact) mass is 493 g/mol. The number of alkyl halides is 5. The first-order chi connectivity index (χ1) is 16.6. The second-order valence-corrected chi connectivity index (χ2v) is 8.36. The van der Waals surface area contributed by atoms with Crippen molar-refractivity contribution in [2.75, 3.05) is 29.9 Å². The molecule has 3 aromatic rings. The van der Waals surface area contributed by atoms with E-state index in [0.29, 0.717) is 24.2 Å². The number of morpholine rings is 1. The summed E-state index contributed by atoms with van der Waals surface area (Å²) >= 11 is 0. The molecule has 1 saturated heterocycles. The normalized spacial score (nSPS) is 17.5. The number of aryl methyl sites for hydroxylation is 1. The van der Waals surface area contributed by atoms with Crippen molar-refractivity contribution in [3.05, 3.63) is 65.6 Å². The van der Waals surface area contributed by atoms with Crippen molar-refractivity contribution in [3.8, 4) is 11.1 Å². The maximum Gasteiger partial charge on any atom is 0.418 e. The average Bonchev–Trinajstić information content (AvgIpc) is 2.85. The number of benzene rings is 1. The average molecular weight is 493 g/mol. The molecular formula is C24H24F5N5O. The highest BCUT2D eigenvalue weighted by Crippen LogP contribution is 2.32. The van der Waals surface area contributed by atoms with Crippen LogP contribution in [0.25, 0.3) is 11.1 Å². The molecule has 0 aliphatic carbocycles. The number of pyridine rings is 1. The van der Waals surface area contributed by atoms with Crippen molar-refractivity contribution in [2.45, 2.75) is 38.6 Å². The smallest absolute Gasteiger partial charge is 0.377 e. The van der Waals surface area contributed by atoms with Gasteiger partial charge in [0.05, 0.1) is 36.6 Å². The predicted octanol–water partition coefficient (Wildman–Crippen LogP) is 5.51. The van der Waals surface area contributed by atoms with E-state index in [4.69, 9.17) is 4.74 Å². The summed E-state index contributed by atoms with van der Waals surface area (Å²) in [6.07, 6.45) is -5.92. The molecule has 1 N–H and O–H groups in total. The number of nitrogens with one attached hydrogen (secondary N) is 1. The number of nitrogens with zero attached hydrogens (tertiary/aromatic N) is 4. The quantitative estimate of drug-likeness (QED) is 0.457. The Morgan fingerprint density at radius 1 is 1.14 bits per heavy atom. The lowest BCUT2D eigenvalue weighted by atomic mass is 10.00. The van der Waals surface area contributed by atoms with E-state index in [-0.39, 0.29) is 18.8 Å². The molecule has 1 aromatic carbocycles. The summed E-state index contributed by atoms with van der Waals surface area (Å²) in [6.45, 7) is 4.32. The second kappa shape index (κ2) is 10.1. The van der Waals surface area contributed by atoms with Crippen LogP contribution in [0.5, 0.6) is 0 Å². The van der Waals surface area contributed by atoms with Crippen molar-refractivity contribution in [2.24, 2.45) is 0 Å². The minimum Gasteiger partial charge on any atom is -0.377 e. The van der Waals surface area contributed by atoms with E-state index in [0.717, 1.165) is 22.8 Å². The number of hydrogen-bond acceptors (Lipinski definition) is 6. The Kier molecular flexibility index (Phi) is 7.15. The summed E-state index contributed by atoms with van der Waals surface area (Å²) in [4.78, 5) is 6.13. The minimum atomic E-state index is -4.50. The number of rotatable bonds is 6. The van der Waals surface area contributed by atoms with Crippen LogP contribution in [0.3, 0.4) is 0 Å². The molecule has 3 heterocycles. The van der Waals surface area contributed by atoms with Crippen LogP contribution in [-0.2, 0) is 10.9 Å². The van der Waals surface area contributed by atoms with Crippen LogP contribution in [0.4, 0.5) is 33.5 Å². The third kappa shape index (κ3) is 5.84. The zero-order valence-corrected chi connectivity index (χ0v) is 19.1. The van der Waals surface area contributed by atoms with Gasteiger partial charge in [0.1, 0.15) is 11.9 Å². The van der Waals surface area contributed by atoms with E-state index in [1.165, 1.54) is 0 Å². The highest BCUT2D eigenvalue weighted by Gasteiger charge is 2.32. The van der Waals surface area contributed by atoms with Crippen molar-refractivity contribution < 1.29 is 26.7 Å². The van der Waals surface area contributed by atoms with E-state index in [1.807, 2.05) is 37.3 Å². The van der Waals surface area contributed by atoms with Gasteiger partial charge in [-0.1, -0.05) is 6.07 Å². The summed E-state index contributed by atoms with van der Waals surface area (Å²) in [6, 6.07) is 9.70. The Balaban J connectivity index is 1.56. The van der Waals surface area contributed by atoms with E-state index in [9.17, 15) is 22.0 Å². The van der Waals surface area contributed by atoms with Gasteiger partial charge in [-0.2, -0.15) is 23.4 Å². The second-order valence-electron chi connectivity index (χ2n) is 8.36. The highest BCUT2D eigenvalue weighted by atomic mass is 19.4. The van der Waals surface area contributed by atoms with E-state index in [1.54, 1.807) is 18.0 Å². The van der Waals surface area contributed by atoms with Crippen LogP contribution >= 0.6 is 0 Å². The van der Waals surface area contributed by atoms with Crippen LogP contribution in [0.15, 0.2) is 48.8 Å². The lowest BCUT2D eigenvalue weighted by Crippen LogP contribution is -2.46. The Morgan fingerprint density at radius 2 is 1.94 bits per heavy atom. The highest BCUT2D eigenvalue weighted by molar-refractivity contribution is 5.73. The molecule has 0 radical (unpaired) electrons. The maximum absolute atomic E-state index is 13.1. The largest absolute Gasteiger partial charge is 0.418 e. The number of aromatic nitrogens is 3. The molecule has 2 atom stereocenters. The van der Waals surface area contributed by atoms with Gasteiger partial charge in [-0.25, -0.2) is 13.8 Å². The Hall–Kier alpha value is -3.34. The molecule has 11 heteroatoms. The molecule has 1 aliphatic heterocycles. The number of halogens is 5. The first-order valence-corrected chi connectivity index (χ1v) is 11.0. The molecule has 2 aromatic heterocycles. The Bertz CT molecular complexity index is 1170. The minimum absolute atomic E-state index is 0.0459. The number of anilines is 2.